The molecule has 0 amide bonds. The van der Waals surface area contributed by atoms with Crippen molar-refractivity contribution in [2.45, 2.75) is 25.4 Å². The molecule has 0 bridgehead atoms. The molecule has 1 atom stereocenters. The highest BCUT2D eigenvalue weighted by molar-refractivity contribution is 9.10. The van der Waals surface area contributed by atoms with Gasteiger partial charge in [0.1, 0.15) is 5.58 Å². The van der Waals surface area contributed by atoms with Crippen LogP contribution in [0.1, 0.15) is 18.4 Å². The van der Waals surface area contributed by atoms with E-state index in [1.54, 1.807) is 6.07 Å². The fourth-order valence-corrected chi connectivity index (χ4v) is 3.32. The first-order chi connectivity index (χ1) is 10.1. The molecule has 2 heterocycles. The van der Waals surface area contributed by atoms with Crippen LogP contribution in [-0.2, 0) is 6.54 Å². The fraction of sp³-hybridized carbons (Fsp3) is 0.438. The zero-order valence-corrected chi connectivity index (χ0v) is 13.6. The Morgan fingerprint density at radius 3 is 3.05 bits per heavy atom. The summed E-state index contributed by atoms with van der Waals surface area (Å²) in [5.41, 5.74) is 1.37. The Hall–Kier alpha value is -1.17. The Morgan fingerprint density at radius 2 is 2.29 bits per heavy atom. The van der Waals surface area contributed by atoms with Crippen molar-refractivity contribution >= 4 is 26.9 Å². The van der Waals surface area contributed by atoms with E-state index in [1.165, 1.54) is 12.8 Å². The van der Waals surface area contributed by atoms with Crippen molar-refractivity contribution in [1.29, 1.82) is 0 Å². The number of nitrogens with one attached hydrogen (secondary N) is 1. The van der Waals surface area contributed by atoms with Crippen LogP contribution in [0.4, 0.5) is 0 Å². The molecular formula is C16H19BrN2O2. The largest absolute Gasteiger partial charge is 0.423 e. The van der Waals surface area contributed by atoms with Crippen LogP contribution in [0.15, 0.2) is 37.9 Å². The molecule has 1 N–H and O–H groups in total. The second-order valence-electron chi connectivity index (χ2n) is 5.72. The van der Waals surface area contributed by atoms with E-state index in [-0.39, 0.29) is 5.63 Å². The second-order valence-corrected chi connectivity index (χ2v) is 6.64. The lowest BCUT2D eigenvalue weighted by atomic mass is 10.1. The minimum absolute atomic E-state index is 0.289. The maximum Gasteiger partial charge on any atom is 0.336 e. The summed E-state index contributed by atoms with van der Waals surface area (Å²) in [6, 6.07) is 7.99. The van der Waals surface area contributed by atoms with E-state index in [0.717, 1.165) is 35.1 Å². The normalized spacial score (nSPS) is 18.7. The van der Waals surface area contributed by atoms with Gasteiger partial charge in [-0.05, 0) is 50.2 Å². The van der Waals surface area contributed by atoms with Gasteiger partial charge in [0.05, 0.1) is 0 Å². The van der Waals surface area contributed by atoms with Crippen molar-refractivity contribution in [2.75, 3.05) is 20.1 Å². The Balaban J connectivity index is 1.83. The summed E-state index contributed by atoms with van der Waals surface area (Å²) in [6.07, 6.45) is 2.49. The quantitative estimate of drug-likeness (QED) is 0.861. The average Bonchev–Trinajstić information content (AvgIpc) is 2.90. The van der Waals surface area contributed by atoms with Gasteiger partial charge < -0.3 is 14.6 Å². The molecular weight excluding hydrogens is 332 g/mol. The lowest BCUT2D eigenvalue weighted by Crippen LogP contribution is -2.35. The predicted octanol–water partition coefficient (Wildman–Crippen LogP) is 2.74. The van der Waals surface area contributed by atoms with Crippen LogP contribution in [0.3, 0.4) is 0 Å². The molecule has 3 rings (SSSR count). The molecule has 1 aliphatic rings. The number of likely N-dealkylation sites (N-methyl/N-ethyl adjacent to an activating group) is 1. The zero-order valence-electron chi connectivity index (χ0n) is 12.1. The van der Waals surface area contributed by atoms with Crippen LogP contribution < -0.4 is 10.9 Å². The standard InChI is InChI=1S/C16H19BrN2O2/c1-19(10-13-3-2-6-18-13)9-11-7-16(20)21-15-8-12(17)4-5-14(11)15/h4-5,7-8,13,18H,2-3,6,9-10H2,1H3. The van der Waals surface area contributed by atoms with Crippen molar-refractivity contribution in [3.05, 3.63) is 44.7 Å². The third kappa shape index (κ3) is 3.54. The molecule has 1 aromatic carbocycles. The maximum absolute atomic E-state index is 11.7. The van der Waals surface area contributed by atoms with E-state index in [9.17, 15) is 4.79 Å². The van der Waals surface area contributed by atoms with Crippen molar-refractivity contribution in [3.8, 4) is 0 Å². The topological polar surface area (TPSA) is 45.5 Å². The predicted molar refractivity (Wildman–Crippen MR) is 87.5 cm³/mol. The molecule has 1 aliphatic heterocycles. The smallest absolute Gasteiger partial charge is 0.336 e. The summed E-state index contributed by atoms with van der Waals surface area (Å²) >= 11 is 3.41. The van der Waals surface area contributed by atoms with Crippen LogP contribution in [0.25, 0.3) is 11.0 Å². The van der Waals surface area contributed by atoms with Gasteiger partial charge in [-0.2, -0.15) is 0 Å². The summed E-state index contributed by atoms with van der Waals surface area (Å²) in [6.45, 7) is 2.87. The maximum atomic E-state index is 11.7. The van der Waals surface area contributed by atoms with Crippen LogP contribution in [0, 0.1) is 0 Å². The van der Waals surface area contributed by atoms with Crippen LogP contribution in [0.5, 0.6) is 0 Å². The van der Waals surface area contributed by atoms with Crippen molar-refractivity contribution in [3.63, 3.8) is 0 Å². The monoisotopic (exact) mass is 350 g/mol. The highest BCUT2D eigenvalue weighted by Crippen LogP contribution is 2.22. The number of nitrogens with zero attached hydrogens (tertiary/aromatic N) is 1. The average molecular weight is 351 g/mol. The fourth-order valence-electron chi connectivity index (χ4n) is 2.98. The number of halogens is 1. The molecule has 0 radical (unpaired) electrons. The van der Waals surface area contributed by atoms with Gasteiger partial charge in [-0.25, -0.2) is 4.79 Å². The Morgan fingerprint density at radius 1 is 1.43 bits per heavy atom. The summed E-state index contributed by atoms with van der Waals surface area (Å²) in [5, 5.41) is 4.50. The summed E-state index contributed by atoms with van der Waals surface area (Å²) in [4.78, 5) is 14.0. The third-order valence-corrected chi connectivity index (χ3v) is 4.42. The van der Waals surface area contributed by atoms with Gasteiger partial charge in [-0.3, -0.25) is 0 Å². The van der Waals surface area contributed by atoms with Crippen molar-refractivity contribution < 1.29 is 4.42 Å². The van der Waals surface area contributed by atoms with E-state index in [0.29, 0.717) is 11.6 Å². The Bertz CT molecular complexity index is 692. The van der Waals surface area contributed by atoms with Crippen molar-refractivity contribution in [2.24, 2.45) is 0 Å². The molecule has 4 nitrogen and oxygen atoms in total. The molecule has 112 valence electrons. The molecule has 0 spiro atoms. The highest BCUT2D eigenvalue weighted by Gasteiger charge is 2.16. The zero-order chi connectivity index (χ0) is 14.8. The first kappa shape index (κ1) is 14.8. The van der Waals surface area contributed by atoms with Gasteiger partial charge in [0.25, 0.3) is 0 Å². The Kier molecular flexibility index (Phi) is 4.42. The molecule has 5 heteroatoms. The molecule has 0 aliphatic carbocycles. The number of hydrogen-bond acceptors (Lipinski definition) is 4. The molecule has 1 unspecified atom stereocenters. The summed E-state index contributed by atoms with van der Waals surface area (Å²) in [5.74, 6) is 0. The molecule has 1 aromatic heterocycles. The first-order valence-electron chi connectivity index (χ1n) is 7.26. The second kappa shape index (κ2) is 6.30. The van der Waals surface area contributed by atoms with E-state index in [1.807, 2.05) is 18.2 Å². The number of hydrogen-bond donors (Lipinski definition) is 1. The van der Waals surface area contributed by atoms with Crippen LogP contribution >= 0.6 is 15.9 Å². The van der Waals surface area contributed by atoms with Crippen LogP contribution in [0.2, 0.25) is 0 Å². The van der Waals surface area contributed by atoms with E-state index in [2.05, 4.69) is 33.2 Å². The SMILES string of the molecule is CN(Cc1cc(=O)oc2cc(Br)ccc12)CC1CCCN1. The first-order valence-corrected chi connectivity index (χ1v) is 8.05. The minimum Gasteiger partial charge on any atom is -0.423 e. The Labute approximate surface area is 132 Å². The lowest BCUT2D eigenvalue weighted by Gasteiger charge is -2.21. The van der Waals surface area contributed by atoms with Crippen molar-refractivity contribution in [1.82, 2.24) is 10.2 Å². The van der Waals surface area contributed by atoms with Gasteiger partial charge in [0.2, 0.25) is 0 Å². The van der Waals surface area contributed by atoms with Gasteiger partial charge in [0.15, 0.2) is 0 Å². The summed E-state index contributed by atoms with van der Waals surface area (Å²) in [7, 11) is 2.10. The third-order valence-electron chi connectivity index (χ3n) is 3.93. The number of benzene rings is 1. The molecule has 21 heavy (non-hydrogen) atoms. The summed E-state index contributed by atoms with van der Waals surface area (Å²) < 4.78 is 6.20. The van der Waals surface area contributed by atoms with Gasteiger partial charge >= 0.3 is 5.63 Å². The molecule has 2 aromatic rings. The van der Waals surface area contributed by atoms with E-state index >= 15 is 0 Å². The number of fused-ring (bicyclic) bond motifs is 1. The molecule has 1 fully saturated rings. The van der Waals surface area contributed by atoms with Gasteiger partial charge in [-0.1, -0.05) is 15.9 Å². The molecule has 1 saturated heterocycles. The number of rotatable bonds is 4. The van der Waals surface area contributed by atoms with Gasteiger partial charge in [-0.15, -0.1) is 0 Å². The highest BCUT2D eigenvalue weighted by atomic mass is 79.9. The van der Waals surface area contributed by atoms with Gasteiger partial charge in [0, 0.05) is 35.1 Å². The molecule has 0 saturated carbocycles. The lowest BCUT2D eigenvalue weighted by molar-refractivity contribution is 0.293. The van der Waals surface area contributed by atoms with E-state index < -0.39 is 0 Å². The van der Waals surface area contributed by atoms with E-state index in [4.69, 9.17) is 4.42 Å². The minimum atomic E-state index is -0.289. The van der Waals surface area contributed by atoms with Crippen LogP contribution in [-0.4, -0.2) is 31.1 Å².